The van der Waals surface area contributed by atoms with Gasteiger partial charge in [-0.05, 0) is 37.3 Å². The van der Waals surface area contributed by atoms with Crippen LogP contribution in [0.4, 0.5) is 0 Å². The first kappa shape index (κ1) is 18.5. The number of esters is 1. The van der Waals surface area contributed by atoms with Gasteiger partial charge in [0.1, 0.15) is 23.5 Å². The largest absolute Gasteiger partial charge is 0.485 e. The number of ether oxygens (including phenoxy) is 3. The molecule has 1 N–H and O–H groups in total. The van der Waals surface area contributed by atoms with Crippen molar-refractivity contribution in [3.8, 4) is 17.2 Å². The topological polar surface area (TPSA) is 104 Å². The van der Waals surface area contributed by atoms with E-state index in [0.717, 1.165) is 0 Å². The molecule has 8 heteroatoms. The molecule has 1 amide bonds. The smallest absolute Gasteiger partial charge is 0.356 e. The van der Waals surface area contributed by atoms with Crippen LogP contribution in [-0.2, 0) is 4.79 Å². The van der Waals surface area contributed by atoms with E-state index in [1.807, 2.05) is 0 Å². The number of carbonyl (C=O) groups is 2. The summed E-state index contributed by atoms with van der Waals surface area (Å²) in [4.78, 5) is 36.4. The van der Waals surface area contributed by atoms with Crippen molar-refractivity contribution < 1.29 is 28.2 Å². The maximum Gasteiger partial charge on any atom is 0.356 e. The number of hydrogen-bond donors (Lipinski definition) is 1. The molecule has 4 rings (SSSR count). The molecule has 0 radical (unpaired) electrons. The molecule has 3 aromatic rings. The Kier molecular flexibility index (Phi) is 4.90. The molecule has 0 spiro atoms. The van der Waals surface area contributed by atoms with Crippen LogP contribution in [0.2, 0.25) is 0 Å². The summed E-state index contributed by atoms with van der Waals surface area (Å²) in [7, 11) is 0. The number of amides is 1. The highest BCUT2D eigenvalue weighted by Crippen LogP contribution is 2.31. The summed E-state index contributed by atoms with van der Waals surface area (Å²) in [5, 5.41) is 3.08. The Morgan fingerprint density at radius 3 is 2.72 bits per heavy atom. The van der Waals surface area contributed by atoms with Gasteiger partial charge < -0.3 is 23.9 Å². The molecule has 8 nitrogen and oxygen atoms in total. The van der Waals surface area contributed by atoms with Gasteiger partial charge in [0.05, 0.1) is 0 Å². The molecule has 0 saturated carbocycles. The van der Waals surface area contributed by atoms with Crippen molar-refractivity contribution in [3.05, 3.63) is 64.5 Å². The minimum absolute atomic E-state index is 0.0222. The van der Waals surface area contributed by atoms with Crippen LogP contribution >= 0.6 is 0 Å². The second-order valence-electron chi connectivity index (χ2n) is 6.29. The Hall–Kier alpha value is -3.81. The normalized spacial score (nSPS) is 15.0. The van der Waals surface area contributed by atoms with E-state index in [9.17, 15) is 14.4 Å². The molecule has 29 heavy (non-hydrogen) atoms. The molecule has 0 saturated heterocycles. The minimum Gasteiger partial charge on any atom is -0.485 e. The first-order valence-electron chi connectivity index (χ1n) is 9.01. The number of nitrogens with one attached hydrogen (secondary N) is 1. The van der Waals surface area contributed by atoms with Crippen molar-refractivity contribution in [1.82, 2.24) is 5.32 Å². The van der Waals surface area contributed by atoms with E-state index >= 15 is 0 Å². The summed E-state index contributed by atoms with van der Waals surface area (Å²) >= 11 is 0. The summed E-state index contributed by atoms with van der Waals surface area (Å²) in [6.45, 7) is 2.16. The molecule has 148 valence electrons. The lowest BCUT2D eigenvalue weighted by atomic mass is 10.1. The maximum absolute atomic E-state index is 12.4. The van der Waals surface area contributed by atoms with Gasteiger partial charge in [0.2, 0.25) is 6.10 Å². The lowest BCUT2D eigenvalue weighted by Crippen LogP contribution is -2.39. The van der Waals surface area contributed by atoms with Gasteiger partial charge in [-0.3, -0.25) is 4.79 Å². The predicted octanol–water partition coefficient (Wildman–Crippen LogP) is 2.29. The van der Waals surface area contributed by atoms with Crippen molar-refractivity contribution in [2.75, 3.05) is 13.2 Å². The highest BCUT2D eigenvalue weighted by atomic mass is 16.6. The Bertz CT molecular complexity index is 1150. The molecular formula is C21H17NO7. The summed E-state index contributed by atoms with van der Waals surface area (Å²) in [6.07, 6.45) is -0.923. The van der Waals surface area contributed by atoms with Crippen LogP contribution in [-0.4, -0.2) is 31.1 Å². The summed E-state index contributed by atoms with van der Waals surface area (Å²) in [6, 6.07) is 13.0. The fraction of sp³-hybridized carbons (Fsp3) is 0.190. The van der Waals surface area contributed by atoms with Gasteiger partial charge in [0.25, 0.3) is 5.91 Å². The standard InChI is InChI=1S/C21H17NO7/c1-2-22-19(23)14-9-12-7-8-13(10-17(12)29-20(14)24)27-21(25)18-11-26-15-5-3-4-6-16(15)28-18/h3-10,18H,2,11H2,1H3,(H,22,23). The lowest BCUT2D eigenvalue weighted by Gasteiger charge is -2.24. The molecule has 0 fully saturated rings. The highest BCUT2D eigenvalue weighted by molar-refractivity contribution is 5.96. The molecule has 0 aliphatic carbocycles. The SMILES string of the molecule is CCNC(=O)c1cc2ccc(OC(=O)C3COc4ccccc4O3)cc2oc1=O. The Labute approximate surface area is 165 Å². The van der Waals surface area contributed by atoms with Crippen LogP contribution in [0.25, 0.3) is 11.0 Å². The van der Waals surface area contributed by atoms with Gasteiger partial charge in [-0.2, -0.15) is 0 Å². The van der Waals surface area contributed by atoms with E-state index in [-0.39, 0.29) is 23.5 Å². The summed E-state index contributed by atoms with van der Waals surface area (Å²) in [5.74, 6) is 0.0578. The number of hydrogen-bond acceptors (Lipinski definition) is 7. The lowest BCUT2D eigenvalue weighted by molar-refractivity contribution is -0.144. The number of fused-ring (bicyclic) bond motifs is 2. The second-order valence-corrected chi connectivity index (χ2v) is 6.29. The van der Waals surface area contributed by atoms with Crippen LogP contribution in [0, 0.1) is 0 Å². The van der Waals surface area contributed by atoms with Gasteiger partial charge in [-0.1, -0.05) is 12.1 Å². The van der Waals surface area contributed by atoms with Crippen molar-refractivity contribution in [2.45, 2.75) is 13.0 Å². The molecule has 1 atom stereocenters. The maximum atomic E-state index is 12.4. The van der Waals surface area contributed by atoms with Gasteiger partial charge >= 0.3 is 11.6 Å². The van der Waals surface area contributed by atoms with Crippen molar-refractivity contribution in [2.24, 2.45) is 0 Å². The predicted molar refractivity (Wildman–Crippen MR) is 102 cm³/mol. The fourth-order valence-corrected chi connectivity index (χ4v) is 2.89. The third kappa shape index (κ3) is 3.77. The molecule has 1 aliphatic rings. The zero-order valence-electron chi connectivity index (χ0n) is 15.5. The van der Waals surface area contributed by atoms with Gasteiger partial charge in [0.15, 0.2) is 11.5 Å². The molecule has 2 heterocycles. The molecule has 1 aliphatic heterocycles. The van der Waals surface area contributed by atoms with E-state index in [1.165, 1.54) is 12.1 Å². The average Bonchev–Trinajstić information content (AvgIpc) is 2.73. The Morgan fingerprint density at radius 2 is 1.93 bits per heavy atom. The van der Waals surface area contributed by atoms with Crippen LogP contribution in [0.5, 0.6) is 17.2 Å². The van der Waals surface area contributed by atoms with Crippen molar-refractivity contribution in [1.29, 1.82) is 0 Å². The average molecular weight is 395 g/mol. The van der Waals surface area contributed by atoms with Gasteiger partial charge in [0, 0.05) is 18.0 Å². The van der Waals surface area contributed by atoms with E-state index in [0.29, 0.717) is 23.4 Å². The van der Waals surface area contributed by atoms with Crippen molar-refractivity contribution >= 4 is 22.8 Å². The molecule has 1 unspecified atom stereocenters. The Morgan fingerprint density at radius 1 is 1.14 bits per heavy atom. The van der Waals surface area contributed by atoms with Crippen LogP contribution in [0.1, 0.15) is 17.3 Å². The van der Waals surface area contributed by atoms with E-state index in [2.05, 4.69) is 5.32 Å². The quantitative estimate of drug-likeness (QED) is 0.411. The van der Waals surface area contributed by atoms with Crippen LogP contribution in [0.3, 0.4) is 0 Å². The number of benzene rings is 2. The monoisotopic (exact) mass is 395 g/mol. The third-order valence-corrected chi connectivity index (χ3v) is 4.28. The summed E-state index contributed by atoms with van der Waals surface area (Å²) in [5.41, 5.74) is -0.664. The fourth-order valence-electron chi connectivity index (χ4n) is 2.89. The zero-order chi connectivity index (χ0) is 20.4. The number of rotatable bonds is 4. The number of para-hydroxylation sites is 2. The van der Waals surface area contributed by atoms with Gasteiger partial charge in [-0.15, -0.1) is 0 Å². The number of carbonyl (C=O) groups excluding carboxylic acids is 2. The molecular weight excluding hydrogens is 378 g/mol. The molecule has 1 aromatic heterocycles. The molecule has 0 bridgehead atoms. The first-order chi connectivity index (χ1) is 14.0. The van der Waals surface area contributed by atoms with Crippen LogP contribution < -0.4 is 25.2 Å². The summed E-state index contributed by atoms with van der Waals surface area (Å²) < 4.78 is 21.7. The van der Waals surface area contributed by atoms with E-state index in [4.69, 9.17) is 18.6 Å². The van der Waals surface area contributed by atoms with Crippen LogP contribution in [0.15, 0.2) is 57.7 Å². The Balaban J connectivity index is 1.53. The van der Waals surface area contributed by atoms with E-state index in [1.54, 1.807) is 43.3 Å². The molecule has 2 aromatic carbocycles. The third-order valence-electron chi connectivity index (χ3n) is 4.28. The highest BCUT2D eigenvalue weighted by Gasteiger charge is 2.29. The van der Waals surface area contributed by atoms with Crippen molar-refractivity contribution in [3.63, 3.8) is 0 Å². The zero-order valence-corrected chi connectivity index (χ0v) is 15.5. The van der Waals surface area contributed by atoms with Gasteiger partial charge in [-0.25, -0.2) is 9.59 Å². The first-order valence-corrected chi connectivity index (χ1v) is 9.01. The minimum atomic E-state index is -0.923. The van der Waals surface area contributed by atoms with E-state index < -0.39 is 23.6 Å². The second kappa shape index (κ2) is 7.67.